The third kappa shape index (κ3) is 3.77. The van der Waals surface area contributed by atoms with Gasteiger partial charge in [-0.1, -0.05) is 10.3 Å². The van der Waals surface area contributed by atoms with Crippen LogP contribution in [0.1, 0.15) is 0 Å². The van der Waals surface area contributed by atoms with Gasteiger partial charge in [0.15, 0.2) is 0 Å². The van der Waals surface area contributed by atoms with Crippen molar-refractivity contribution >= 4 is 41.8 Å². The molecule has 0 amide bonds. The minimum absolute atomic E-state index is 0. The second kappa shape index (κ2) is 5.82. The first-order chi connectivity index (χ1) is 5.20. The van der Waals surface area contributed by atoms with Gasteiger partial charge in [0.05, 0.1) is 6.54 Å². The number of rotatable bonds is 3. The summed E-state index contributed by atoms with van der Waals surface area (Å²) in [5.41, 5.74) is 0. The molecule has 0 fully saturated rings. The molecule has 0 spiro atoms. The van der Waals surface area contributed by atoms with Crippen LogP contribution in [0.5, 0.6) is 0 Å². The van der Waals surface area contributed by atoms with Gasteiger partial charge in [0.25, 0.3) is 0 Å². The van der Waals surface area contributed by atoms with E-state index in [-0.39, 0.29) is 29.6 Å². The molecule has 1 N–H and O–H groups in total. The van der Waals surface area contributed by atoms with E-state index in [9.17, 15) is 0 Å². The average molecular weight is 196 g/mol. The Hall–Kier alpha value is 0.250. The smallest absolute Gasteiger partial charge is 0.238 e. The summed E-state index contributed by atoms with van der Waals surface area (Å²) in [6.45, 7) is 1.73. The van der Waals surface area contributed by atoms with Crippen LogP contribution in [0.25, 0.3) is 0 Å². The molecule has 1 rings (SSSR count). The van der Waals surface area contributed by atoms with Gasteiger partial charge >= 0.3 is 0 Å². The Morgan fingerprint density at radius 3 is 2.67 bits per heavy atom. The van der Waals surface area contributed by atoms with E-state index in [1.165, 1.54) is 0 Å². The molecule has 5 nitrogen and oxygen atoms in total. The van der Waals surface area contributed by atoms with Crippen molar-refractivity contribution in [2.24, 2.45) is 0 Å². The monoisotopic (exact) mass is 196 g/mol. The molecule has 0 saturated carbocycles. The summed E-state index contributed by atoms with van der Waals surface area (Å²) in [4.78, 5) is 2.07. The molecule has 1 heterocycles. The fourth-order valence-corrected chi connectivity index (χ4v) is 0.834. The van der Waals surface area contributed by atoms with E-state index in [2.05, 4.69) is 20.4 Å². The van der Waals surface area contributed by atoms with Crippen molar-refractivity contribution in [1.82, 2.24) is 25.1 Å². The number of H-pyrrole nitrogens is 1. The molecule has 1 aromatic heterocycles. The molecule has 0 unspecified atom stereocenters. The summed E-state index contributed by atoms with van der Waals surface area (Å²) in [6.07, 6.45) is 0. The van der Waals surface area contributed by atoms with Crippen LogP contribution in [-0.4, -0.2) is 75.3 Å². The van der Waals surface area contributed by atoms with Crippen LogP contribution in [0, 0.1) is 4.77 Å². The van der Waals surface area contributed by atoms with Crippen LogP contribution in [0.15, 0.2) is 0 Å². The maximum Gasteiger partial charge on any atom is 0.238 e. The second-order valence-corrected chi connectivity index (χ2v) is 2.90. The van der Waals surface area contributed by atoms with Gasteiger partial charge < -0.3 is 4.90 Å². The van der Waals surface area contributed by atoms with Crippen LogP contribution in [0.3, 0.4) is 0 Å². The van der Waals surface area contributed by atoms with Crippen molar-refractivity contribution in [3.8, 4) is 0 Å². The van der Waals surface area contributed by atoms with Crippen molar-refractivity contribution < 1.29 is 0 Å². The zero-order valence-corrected chi connectivity index (χ0v) is 10.4. The van der Waals surface area contributed by atoms with Crippen LogP contribution in [0.2, 0.25) is 0 Å². The van der Waals surface area contributed by atoms with Gasteiger partial charge in [0.2, 0.25) is 4.77 Å². The third-order valence-electron chi connectivity index (χ3n) is 1.30. The molecule has 0 aliphatic rings. The summed E-state index contributed by atoms with van der Waals surface area (Å²) < 4.78 is 2.24. The summed E-state index contributed by atoms with van der Waals surface area (Å²) in [7, 11) is 4.01. The Morgan fingerprint density at radius 2 is 2.25 bits per heavy atom. The average Bonchev–Trinajstić information content (AvgIpc) is 2.31. The fraction of sp³-hybridized carbons (Fsp3) is 0.800. The molecule has 0 bridgehead atoms. The van der Waals surface area contributed by atoms with Crippen molar-refractivity contribution in [3.05, 3.63) is 4.77 Å². The minimum Gasteiger partial charge on any atom is -0.308 e. The number of nitrogens with zero attached hydrogens (tertiary/aromatic N) is 4. The number of nitrogens with one attached hydrogen (secondary N) is 1. The van der Waals surface area contributed by atoms with Crippen molar-refractivity contribution in [2.45, 2.75) is 6.54 Å². The summed E-state index contributed by atoms with van der Waals surface area (Å²) in [6, 6.07) is 0. The van der Waals surface area contributed by atoms with Crippen LogP contribution >= 0.6 is 12.2 Å². The number of aromatic amines is 1. The number of aromatic nitrogens is 4. The predicted octanol–water partition coefficient (Wildman–Crippen LogP) is -0.484. The van der Waals surface area contributed by atoms with Gasteiger partial charge in [0, 0.05) is 36.1 Å². The second-order valence-electron chi connectivity index (χ2n) is 2.54. The predicted molar refractivity (Wildman–Crippen MR) is 49.5 cm³/mol. The Morgan fingerprint density at radius 1 is 1.58 bits per heavy atom. The molecule has 1 radical (unpaired) electrons. The molecular formula is C5H11N5NaS. The number of tetrazole rings is 1. The molecule has 1 aromatic rings. The van der Waals surface area contributed by atoms with E-state index in [1.807, 2.05) is 14.1 Å². The van der Waals surface area contributed by atoms with Gasteiger partial charge in [0.1, 0.15) is 0 Å². The molecule has 0 saturated heterocycles. The number of hydrogen-bond acceptors (Lipinski definition) is 4. The van der Waals surface area contributed by atoms with Crippen molar-refractivity contribution in [1.29, 1.82) is 0 Å². The van der Waals surface area contributed by atoms with E-state index >= 15 is 0 Å². The summed E-state index contributed by atoms with van der Waals surface area (Å²) in [5.74, 6) is 0. The van der Waals surface area contributed by atoms with Gasteiger partial charge in [-0.05, 0) is 26.3 Å². The van der Waals surface area contributed by atoms with Gasteiger partial charge in [-0.25, -0.2) is 4.68 Å². The SMILES string of the molecule is CN(C)CCn1[nH]nnc1=S.[Na]. The number of hydrogen-bond donors (Lipinski definition) is 1. The molecule has 7 heteroatoms. The molecule has 12 heavy (non-hydrogen) atoms. The van der Waals surface area contributed by atoms with E-state index in [1.54, 1.807) is 4.68 Å². The van der Waals surface area contributed by atoms with E-state index in [0.29, 0.717) is 4.77 Å². The Kier molecular flexibility index (Phi) is 5.94. The molecule has 0 atom stereocenters. The minimum atomic E-state index is 0. The zero-order chi connectivity index (χ0) is 8.27. The molecule has 0 aromatic carbocycles. The van der Waals surface area contributed by atoms with Gasteiger partial charge in [-0.15, -0.1) is 0 Å². The van der Waals surface area contributed by atoms with Crippen molar-refractivity contribution in [2.75, 3.05) is 20.6 Å². The van der Waals surface area contributed by atoms with E-state index in [4.69, 9.17) is 12.2 Å². The molecule has 0 aliphatic heterocycles. The summed E-state index contributed by atoms with van der Waals surface area (Å²) in [5, 5.41) is 9.90. The quantitative estimate of drug-likeness (QED) is 0.524. The molecule has 0 aliphatic carbocycles. The number of likely N-dealkylation sites (N-methyl/N-ethyl adjacent to an activating group) is 1. The zero-order valence-electron chi connectivity index (χ0n) is 7.61. The van der Waals surface area contributed by atoms with Crippen molar-refractivity contribution in [3.63, 3.8) is 0 Å². The largest absolute Gasteiger partial charge is 0.308 e. The maximum absolute atomic E-state index is 4.88. The molecule has 63 valence electrons. The Bertz CT molecular complexity index is 267. The van der Waals surface area contributed by atoms with E-state index in [0.717, 1.165) is 13.1 Å². The first-order valence-electron chi connectivity index (χ1n) is 3.33. The first kappa shape index (κ1) is 12.2. The maximum atomic E-state index is 4.88. The first-order valence-corrected chi connectivity index (χ1v) is 3.73. The Balaban J connectivity index is 0.00000121. The van der Waals surface area contributed by atoms with E-state index < -0.39 is 0 Å². The van der Waals surface area contributed by atoms with Crippen LogP contribution < -0.4 is 0 Å². The Labute approximate surface area is 98.4 Å². The standard InChI is InChI=1S/C5H11N5S.Na/c1-9(2)3-4-10-5(11)6-7-8-10;/h3-4H2,1-2H3,(H,6,8,11);. The van der Waals surface area contributed by atoms with Crippen LogP contribution in [-0.2, 0) is 6.54 Å². The molecular weight excluding hydrogens is 185 g/mol. The topological polar surface area (TPSA) is 49.7 Å². The fourth-order valence-electron chi connectivity index (χ4n) is 0.662. The van der Waals surface area contributed by atoms with Gasteiger partial charge in [-0.2, -0.15) is 5.21 Å². The van der Waals surface area contributed by atoms with Gasteiger partial charge in [-0.3, -0.25) is 0 Å². The van der Waals surface area contributed by atoms with Crippen LogP contribution in [0.4, 0.5) is 0 Å². The summed E-state index contributed by atoms with van der Waals surface area (Å²) >= 11 is 4.88. The normalized spacial score (nSPS) is 9.92. The third-order valence-corrected chi connectivity index (χ3v) is 1.60.